The summed E-state index contributed by atoms with van der Waals surface area (Å²) < 4.78 is 11.3. The summed E-state index contributed by atoms with van der Waals surface area (Å²) in [5.74, 6) is 0.926. The minimum absolute atomic E-state index is 0.0848. The van der Waals surface area contributed by atoms with Gasteiger partial charge in [0, 0.05) is 38.7 Å². The van der Waals surface area contributed by atoms with Crippen LogP contribution in [0.3, 0.4) is 0 Å². The lowest BCUT2D eigenvalue weighted by molar-refractivity contribution is -0.127. The molecule has 2 aliphatic rings. The van der Waals surface area contributed by atoms with E-state index in [1.807, 2.05) is 23.1 Å². The van der Waals surface area contributed by atoms with E-state index in [1.54, 1.807) is 29.2 Å². The van der Waals surface area contributed by atoms with Crippen molar-refractivity contribution in [2.24, 2.45) is 0 Å². The maximum absolute atomic E-state index is 12.6. The van der Waals surface area contributed by atoms with Gasteiger partial charge in [-0.15, -0.1) is 0 Å². The molecule has 2 aliphatic heterocycles. The first kappa shape index (κ1) is 23.4. The van der Waals surface area contributed by atoms with Gasteiger partial charge >= 0.3 is 0 Å². The zero-order chi connectivity index (χ0) is 23.2. The summed E-state index contributed by atoms with van der Waals surface area (Å²) in [5.41, 5.74) is 1.37. The topological polar surface area (TPSA) is 71.1 Å². The first-order valence-corrected chi connectivity index (χ1v) is 11.6. The van der Waals surface area contributed by atoms with Gasteiger partial charge in [0.2, 0.25) is 11.8 Å². The lowest BCUT2D eigenvalue weighted by Gasteiger charge is -2.33. The van der Waals surface area contributed by atoms with Crippen LogP contribution < -0.4 is 14.8 Å². The number of rotatable bonds is 5. The van der Waals surface area contributed by atoms with Crippen LogP contribution in [-0.2, 0) is 9.59 Å². The van der Waals surface area contributed by atoms with E-state index in [1.165, 1.54) is 6.08 Å². The van der Waals surface area contributed by atoms with Crippen molar-refractivity contribution in [2.45, 2.75) is 6.42 Å². The Labute approximate surface area is 202 Å². The summed E-state index contributed by atoms with van der Waals surface area (Å²) in [7, 11) is 0. The zero-order valence-corrected chi connectivity index (χ0v) is 19.6. The minimum atomic E-state index is -0.131. The van der Waals surface area contributed by atoms with Crippen LogP contribution >= 0.6 is 23.2 Å². The number of hydrogen-bond acceptors (Lipinski definition) is 5. The third-order valence-electron chi connectivity index (χ3n) is 5.44. The zero-order valence-electron chi connectivity index (χ0n) is 18.1. The van der Waals surface area contributed by atoms with Gasteiger partial charge in [0.1, 0.15) is 0 Å². The average molecular weight is 490 g/mol. The van der Waals surface area contributed by atoms with Crippen molar-refractivity contribution in [3.63, 3.8) is 0 Å². The van der Waals surface area contributed by atoms with E-state index in [2.05, 4.69) is 5.32 Å². The number of benzene rings is 2. The maximum atomic E-state index is 12.6. The van der Waals surface area contributed by atoms with Gasteiger partial charge in [0.05, 0.1) is 35.5 Å². The van der Waals surface area contributed by atoms with Crippen LogP contribution in [0.15, 0.2) is 42.5 Å². The van der Waals surface area contributed by atoms with Crippen molar-refractivity contribution in [1.82, 2.24) is 9.80 Å². The van der Waals surface area contributed by atoms with Gasteiger partial charge in [-0.25, -0.2) is 0 Å². The van der Waals surface area contributed by atoms with Crippen molar-refractivity contribution in [3.05, 3.63) is 58.1 Å². The molecule has 0 spiro atoms. The molecule has 9 heteroatoms. The highest BCUT2D eigenvalue weighted by atomic mass is 35.5. The van der Waals surface area contributed by atoms with Crippen molar-refractivity contribution < 1.29 is 19.1 Å². The van der Waals surface area contributed by atoms with Gasteiger partial charge < -0.3 is 19.7 Å². The second kappa shape index (κ2) is 10.9. The van der Waals surface area contributed by atoms with Crippen LogP contribution in [0, 0.1) is 0 Å². The second-order valence-electron chi connectivity index (χ2n) is 7.84. The van der Waals surface area contributed by atoms with E-state index < -0.39 is 0 Å². The molecule has 1 N–H and O–H groups in total. The van der Waals surface area contributed by atoms with Crippen LogP contribution in [0.2, 0.25) is 10.0 Å². The number of fused-ring (bicyclic) bond motifs is 1. The molecule has 0 radical (unpaired) electrons. The number of halogens is 2. The Hall–Kier alpha value is -2.74. The molecule has 0 saturated carbocycles. The molecule has 2 heterocycles. The average Bonchev–Trinajstić information content (AvgIpc) is 3.05. The lowest BCUT2D eigenvalue weighted by atomic mass is 10.1. The fourth-order valence-corrected chi connectivity index (χ4v) is 4.16. The lowest BCUT2D eigenvalue weighted by Crippen LogP contribution is -2.50. The molecule has 0 unspecified atom stereocenters. The molecule has 0 aromatic heterocycles. The van der Waals surface area contributed by atoms with Crippen LogP contribution in [0.4, 0.5) is 5.69 Å². The SMILES string of the molecule is O=C(CN1CCN(C(=O)C=Cc2cc(Cl)c3c(c2)OCCCO3)CC1)Nc1ccccc1Cl. The van der Waals surface area contributed by atoms with Crippen LogP contribution in [0.25, 0.3) is 6.08 Å². The number of nitrogens with zero attached hydrogens (tertiary/aromatic N) is 2. The number of nitrogens with one attached hydrogen (secondary N) is 1. The number of anilines is 1. The Morgan fingerprint density at radius 3 is 2.55 bits per heavy atom. The van der Waals surface area contributed by atoms with E-state index in [9.17, 15) is 9.59 Å². The van der Waals surface area contributed by atoms with Crippen LogP contribution in [0.1, 0.15) is 12.0 Å². The number of amides is 2. The molecule has 4 rings (SSSR count). The van der Waals surface area contributed by atoms with E-state index in [4.69, 9.17) is 32.7 Å². The molecule has 1 saturated heterocycles. The van der Waals surface area contributed by atoms with E-state index in [-0.39, 0.29) is 18.4 Å². The van der Waals surface area contributed by atoms with Crippen molar-refractivity contribution in [3.8, 4) is 11.5 Å². The van der Waals surface area contributed by atoms with Crippen LogP contribution in [0.5, 0.6) is 11.5 Å². The van der Waals surface area contributed by atoms with Gasteiger partial charge in [-0.2, -0.15) is 0 Å². The fraction of sp³-hybridized carbons (Fsp3) is 0.333. The number of carbonyl (C=O) groups excluding carboxylic acids is 2. The summed E-state index contributed by atoms with van der Waals surface area (Å²) in [6.45, 7) is 3.70. The van der Waals surface area contributed by atoms with E-state index in [0.717, 1.165) is 12.0 Å². The molecule has 7 nitrogen and oxygen atoms in total. The number of piperazine rings is 1. The molecule has 0 atom stereocenters. The van der Waals surface area contributed by atoms with Gasteiger partial charge in [-0.1, -0.05) is 35.3 Å². The normalized spacial score (nSPS) is 16.5. The Morgan fingerprint density at radius 1 is 1.00 bits per heavy atom. The van der Waals surface area contributed by atoms with Crippen LogP contribution in [-0.4, -0.2) is 67.6 Å². The molecule has 2 amide bonds. The second-order valence-corrected chi connectivity index (χ2v) is 8.66. The summed E-state index contributed by atoms with van der Waals surface area (Å²) in [4.78, 5) is 28.8. The Kier molecular flexibility index (Phi) is 7.75. The Morgan fingerprint density at radius 2 is 1.76 bits per heavy atom. The number of carbonyl (C=O) groups is 2. The molecule has 2 aromatic carbocycles. The van der Waals surface area contributed by atoms with Gasteiger partial charge in [-0.3, -0.25) is 14.5 Å². The predicted molar refractivity (Wildman–Crippen MR) is 129 cm³/mol. The highest BCUT2D eigenvalue weighted by Gasteiger charge is 2.22. The Bertz CT molecular complexity index is 1050. The first-order chi connectivity index (χ1) is 16.0. The highest BCUT2D eigenvalue weighted by molar-refractivity contribution is 6.33. The molecule has 0 aliphatic carbocycles. The fourth-order valence-electron chi connectivity index (χ4n) is 3.70. The molecule has 33 heavy (non-hydrogen) atoms. The summed E-state index contributed by atoms with van der Waals surface area (Å²) in [6, 6.07) is 10.7. The molecule has 0 bridgehead atoms. The number of hydrogen-bond donors (Lipinski definition) is 1. The van der Waals surface area contributed by atoms with Gasteiger partial charge in [0.15, 0.2) is 11.5 Å². The quantitative estimate of drug-likeness (QED) is 0.643. The third-order valence-corrected chi connectivity index (χ3v) is 6.05. The molecule has 2 aromatic rings. The Balaban J connectivity index is 1.28. The number of ether oxygens (including phenoxy) is 2. The monoisotopic (exact) mass is 489 g/mol. The molecular weight excluding hydrogens is 465 g/mol. The minimum Gasteiger partial charge on any atom is -0.489 e. The summed E-state index contributed by atoms with van der Waals surface area (Å²) >= 11 is 12.4. The molecule has 174 valence electrons. The largest absolute Gasteiger partial charge is 0.489 e. The maximum Gasteiger partial charge on any atom is 0.246 e. The van der Waals surface area contributed by atoms with E-state index in [0.29, 0.717) is 66.6 Å². The third kappa shape index (κ3) is 6.19. The smallest absolute Gasteiger partial charge is 0.246 e. The van der Waals surface area contributed by atoms with Crippen molar-refractivity contribution in [1.29, 1.82) is 0 Å². The standard InChI is InChI=1S/C24H25Cl2N3O4/c25-18-4-1-2-5-20(18)27-22(30)16-28-8-10-29(11-9-28)23(31)7-6-17-14-19(26)24-21(15-17)32-12-3-13-33-24/h1-2,4-7,14-15H,3,8-13,16H2,(H,27,30). The van der Waals surface area contributed by atoms with Crippen molar-refractivity contribution in [2.75, 3.05) is 51.3 Å². The molecule has 1 fully saturated rings. The van der Waals surface area contributed by atoms with Crippen molar-refractivity contribution >= 4 is 46.8 Å². The highest BCUT2D eigenvalue weighted by Crippen LogP contribution is 2.38. The number of para-hydroxylation sites is 1. The van der Waals surface area contributed by atoms with Gasteiger partial charge in [-0.05, 0) is 35.9 Å². The van der Waals surface area contributed by atoms with Gasteiger partial charge in [0.25, 0.3) is 0 Å². The predicted octanol–water partition coefficient (Wildman–Crippen LogP) is 3.95. The first-order valence-electron chi connectivity index (χ1n) is 10.8. The summed E-state index contributed by atoms with van der Waals surface area (Å²) in [5, 5.41) is 3.79. The molecular formula is C24H25Cl2N3O4. The summed E-state index contributed by atoms with van der Waals surface area (Å²) in [6.07, 6.45) is 4.06. The van der Waals surface area contributed by atoms with E-state index >= 15 is 0 Å².